The minimum atomic E-state index is -0.639. The Hall–Kier alpha value is -3.75. The summed E-state index contributed by atoms with van der Waals surface area (Å²) in [5, 5.41) is 1.94. The van der Waals surface area contributed by atoms with Gasteiger partial charge in [-0.05, 0) is 30.5 Å². The van der Waals surface area contributed by atoms with Crippen molar-refractivity contribution >= 4 is 40.4 Å². The third kappa shape index (κ3) is 4.26. The summed E-state index contributed by atoms with van der Waals surface area (Å²) in [4.78, 5) is 33.3. The van der Waals surface area contributed by atoms with E-state index in [0.717, 1.165) is 16.0 Å². The van der Waals surface area contributed by atoms with E-state index in [9.17, 15) is 9.59 Å². The number of methoxy groups -OCH3 is 1. The van der Waals surface area contributed by atoms with E-state index in [0.29, 0.717) is 26.4 Å². The van der Waals surface area contributed by atoms with Crippen LogP contribution in [0.25, 0.3) is 11.8 Å². The first-order chi connectivity index (χ1) is 17.1. The Kier molecular flexibility index (Phi) is 6.48. The van der Waals surface area contributed by atoms with Crippen LogP contribution in [-0.2, 0) is 9.53 Å². The number of hydrogen-bond acceptors (Lipinski definition) is 7. The normalized spacial score (nSPS) is 15.5. The number of rotatable bonds is 6. The lowest BCUT2D eigenvalue weighted by Crippen LogP contribution is -2.39. The largest absolute Gasteiger partial charge is 0.496 e. The number of nitrogens with zero attached hydrogens (tertiary/aromatic N) is 2. The molecule has 6 nitrogen and oxygen atoms in total. The van der Waals surface area contributed by atoms with Gasteiger partial charge in [-0.1, -0.05) is 65.9 Å². The van der Waals surface area contributed by atoms with Crippen LogP contribution in [0.4, 0.5) is 0 Å². The molecule has 0 radical (unpaired) electrons. The molecule has 8 heteroatoms. The van der Waals surface area contributed by atoms with Crippen LogP contribution < -0.4 is 19.6 Å². The molecule has 2 aromatic carbocycles. The molecule has 0 fully saturated rings. The Bertz CT molecular complexity index is 1580. The van der Waals surface area contributed by atoms with Crippen LogP contribution in [0.1, 0.15) is 29.0 Å². The van der Waals surface area contributed by atoms with Crippen molar-refractivity contribution in [3.63, 3.8) is 0 Å². The summed E-state index contributed by atoms with van der Waals surface area (Å²) in [7, 11) is 1.60. The van der Waals surface area contributed by atoms with Crippen molar-refractivity contribution in [2.45, 2.75) is 13.0 Å². The number of thiophene rings is 1. The van der Waals surface area contributed by atoms with Gasteiger partial charge < -0.3 is 9.47 Å². The second-order valence-corrected chi connectivity index (χ2v) is 9.68. The van der Waals surface area contributed by atoms with E-state index in [2.05, 4.69) is 0 Å². The van der Waals surface area contributed by atoms with Gasteiger partial charge in [0.05, 0.1) is 29.5 Å². The van der Waals surface area contributed by atoms with Gasteiger partial charge in [0.2, 0.25) is 0 Å². The molecule has 176 valence electrons. The van der Waals surface area contributed by atoms with Crippen LogP contribution in [-0.4, -0.2) is 24.3 Å². The molecule has 1 aliphatic rings. The van der Waals surface area contributed by atoms with Crippen LogP contribution in [0.2, 0.25) is 0 Å². The predicted molar refractivity (Wildman–Crippen MR) is 138 cm³/mol. The maximum atomic E-state index is 13.8. The number of carbonyl (C=O) groups is 1. The smallest absolute Gasteiger partial charge is 0.338 e. The van der Waals surface area contributed by atoms with Gasteiger partial charge in [0.25, 0.3) is 5.56 Å². The fourth-order valence-electron chi connectivity index (χ4n) is 4.08. The number of carbonyl (C=O) groups excluding carboxylic acids is 1. The number of aromatic nitrogens is 1. The Morgan fingerprint density at radius 2 is 1.86 bits per heavy atom. The summed E-state index contributed by atoms with van der Waals surface area (Å²) in [6.45, 7) is 1.99. The molecule has 0 bridgehead atoms. The van der Waals surface area contributed by atoms with Crippen LogP contribution in [0.5, 0.6) is 5.75 Å². The summed E-state index contributed by atoms with van der Waals surface area (Å²) >= 11 is 2.78. The van der Waals surface area contributed by atoms with Gasteiger partial charge in [-0.25, -0.2) is 9.79 Å². The minimum absolute atomic E-state index is 0.216. The fraction of sp³-hybridized carbons (Fsp3) is 0.148. The highest BCUT2D eigenvalue weighted by molar-refractivity contribution is 7.10. The molecule has 0 saturated carbocycles. The molecular formula is C27H22N2O4S2. The predicted octanol–water partition coefficient (Wildman–Crippen LogP) is 4.01. The second kappa shape index (κ2) is 9.85. The van der Waals surface area contributed by atoms with Crippen molar-refractivity contribution in [3.05, 3.63) is 113 Å². The van der Waals surface area contributed by atoms with Crippen LogP contribution >= 0.6 is 22.7 Å². The van der Waals surface area contributed by atoms with Crippen molar-refractivity contribution in [1.29, 1.82) is 0 Å². The lowest BCUT2D eigenvalue weighted by molar-refractivity contribution is -0.138. The SMILES string of the molecule is CCOC(=O)C1=C(c2ccccc2)N=c2sc(=Cc3ccccc3OC)c(=O)n2C1c1cccs1. The van der Waals surface area contributed by atoms with E-state index in [1.54, 1.807) is 18.6 Å². The number of hydrogen-bond donors (Lipinski definition) is 0. The van der Waals surface area contributed by atoms with Gasteiger partial charge in [0.15, 0.2) is 4.80 Å². The number of thiazole rings is 1. The van der Waals surface area contributed by atoms with Crippen molar-refractivity contribution in [1.82, 2.24) is 4.57 Å². The van der Waals surface area contributed by atoms with Crippen molar-refractivity contribution < 1.29 is 14.3 Å². The van der Waals surface area contributed by atoms with Gasteiger partial charge in [-0.2, -0.15) is 0 Å². The lowest BCUT2D eigenvalue weighted by atomic mass is 9.97. The molecule has 0 N–H and O–H groups in total. The molecule has 2 aromatic heterocycles. The highest BCUT2D eigenvalue weighted by Crippen LogP contribution is 2.36. The summed E-state index contributed by atoms with van der Waals surface area (Å²) in [6.07, 6.45) is 1.81. The quantitative estimate of drug-likeness (QED) is 0.374. The monoisotopic (exact) mass is 502 g/mol. The molecule has 1 atom stereocenters. The van der Waals surface area contributed by atoms with E-state index in [1.807, 2.05) is 78.2 Å². The molecule has 4 aromatic rings. The number of esters is 1. The van der Waals surface area contributed by atoms with Crippen LogP contribution in [0.15, 0.2) is 87.5 Å². The lowest BCUT2D eigenvalue weighted by Gasteiger charge is -2.24. The molecule has 35 heavy (non-hydrogen) atoms. The summed E-state index contributed by atoms with van der Waals surface area (Å²) in [6, 6.07) is 20.3. The van der Waals surface area contributed by atoms with E-state index in [1.165, 1.54) is 22.7 Å². The third-order valence-electron chi connectivity index (χ3n) is 5.61. The molecular weight excluding hydrogens is 480 g/mol. The van der Waals surface area contributed by atoms with Crippen molar-refractivity contribution in [3.8, 4) is 5.75 Å². The van der Waals surface area contributed by atoms with Crippen LogP contribution in [0.3, 0.4) is 0 Å². The van der Waals surface area contributed by atoms with Crippen molar-refractivity contribution in [2.24, 2.45) is 4.99 Å². The molecule has 0 amide bonds. The molecule has 1 unspecified atom stereocenters. The first kappa shape index (κ1) is 23.0. The molecule has 5 rings (SSSR count). The van der Waals surface area contributed by atoms with Gasteiger partial charge in [-0.3, -0.25) is 9.36 Å². The molecule has 0 saturated heterocycles. The van der Waals surface area contributed by atoms with Gasteiger partial charge >= 0.3 is 5.97 Å². The minimum Gasteiger partial charge on any atom is -0.496 e. The highest BCUT2D eigenvalue weighted by atomic mass is 32.1. The van der Waals surface area contributed by atoms with Gasteiger partial charge in [0, 0.05) is 16.0 Å². The van der Waals surface area contributed by atoms with Gasteiger partial charge in [0.1, 0.15) is 11.8 Å². The molecule has 1 aliphatic heterocycles. The standard InChI is InChI=1S/C27H22N2O4S2/c1-3-33-26(31)22-23(17-10-5-4-6-11-17)28-27-29(24(22)20-14-9-15-34-20)25(30)21(35-27)16-18-12-7-8-13-19(18)32-2/h4-16,24H,3H2,1-2H3. The van der Waals surface area contributed by atoms with Crippen molar-refractivity contribution in [2.75, 3.05) is 13.7 Å². The number of ether oxygens (including phenoxy) is 2. The second-order valence-electron chi connectivity index (χ2n) is 7.69. The highest BCUT2D eigenvalue weighted by Gasteiger charge is 2.35. The van der Waals surface area contributed by atoms with E-state index in [-0.39, 0.29) is 12.2 Å². The van der Waals surface area contributed by atoms with Crippen LogP contribution in [0, 0.1) is 0 Å². The van der Waals surface area contributed by atoms with E-state index in [4.69, 9.17) is 14.5 Å². The fourth-order valence-corrected chi connectivity index (χ4v) is 5.90. The Balaban J connectivity index is 1.82. The average molecular weight is 503 g/mol. The summed E-state index contributed by atoms with van der Waals surface area (Å²) in [5.74, 6) is 0.192. The Morgan fingerprint density at radius 1 is 1.09 bits per heavy atom. The first-order valence-corrected chi connectivity index (χ1v) is 12.8. The maximum Gasteiger partial charge on any atom is 0.338 e. The molecule has 3 heterocycles. The Morgan fingerprint density at radius 3 is 2.57 bits per heavy atom. The Labute approximate surface area is 209 Å². The summed E-state index contributed by atoms with van der Waals surface area (Å²) < 4.78 is 13.0. The zero-order chi connectivity index (χ0) is 24.4. The van der Waals surface area contributed by atoms with E-state index < -0.39 is 12.0 Å². The number of benzene rings is 2. The molecule has 0 spiro atoms. The number of fused-ring (bicyclic) bond motifs is 1. The third-order valence-corrected chi connectivity index (χ3v) is 7.52. The first-order valence-electron chi connectivity index (χ1n) is 11.1. The maximum absolute atomic E-state index is 13.8. The van der Waals surface area contributed by atoms with Gasteiger partial charge in [-0.15, -0.1) is 11.3 Å². The summed E-state index contributed by atoms with van der Waals surface area (Å²) in [5.41, 5.74) is 2.25. The molecule has 0 aliphatic carbocycles. The zero-order valence-corrected chi connectivity index (χ0v) is 20.8. The average Bonchev–Trinajstić information content (AvgIpc) is 3.52. The topological polar surface area (TPSA) is 69.9 Å². The number of para-hydroxylation sites is 1. The van der Waals surface area contributed by atoms with E-state index >= 15 is 0 Å². The zero-order valence-electron chi connectivity index (χ0n) is 19.1.